The van der Waals surface area contributed by atoms with Crippen LogP contribution in [0.1, 0.15) is 6.42 Å². The number of guanidine groups is 6. The minimum absolute atomic E-state index is 0.0355. The Hall–Kier alpha value is -7.07. The van der Waals surface area contributed by atoms with E-state index in [1.54, 1.807) is 0 Å². The molecule has 9 rings (SSSR count). The maximum absolute atomic E-state index is 11.0. The smallest absolute Gasteiger partial charge is 0.404 e. The van der Waals surface area contributed by atoms with E-state index in [1.807, 2.05) is 0 Å². The number of aliphatic hydroxyl groups is 6. The Bertz CT molecular complexity index is 2580. The number of nitrogens with zero attached hydrogens (tertiary/aromatic N) is 9. The minimum Gasteiger partial charge on any atom is -0.447 e. The zero-order valence-corrected chi connectivity index (χ0v) is 38.7. The molecule has 0 aromatic carbocycles. The second-order valence-electron chi connectivity index (χ2n) is 17.0. The molecule has 41 nitrogen and oxygen atoms in total. The first-order valence-corrected chi connectivity index (χ1v) is 23.4. The first kappa shape index (κ1) is 53.7. The highest BCUT2D eigenvalue weighted by Gasteiger charge is 2.76. The van der Waals surface area contributed by atoms with E-state index in [0.29, 0.717) is 0 Å². The molecule has 0 saturated carbocycles. The third-order valence-corrected chi connectivity index (χ3v) is 13.8. The zero-order valence-electron chi connectivity index (χ0n) is 37.1. The molecule has 43 heteroatoms. The summed E-state index contributed by atoms with van der Waals surface area (Å²) < 4.78 is 84.8. The van der Waals surface area contributed by atoms with Crippen molar-refractivity contribution in [1.82, 2.24) is 30.7 Å². The number of hydrogen-bond acceptors (Lipinski definition) is 36. The van der Waals surface area contributed by atoms with Gasteiger partial charge in [-0.2, -0.15) is 16.8 Å². The van der Waals surface area contributed by atoms with Crippen molar-refractivity contribution in [3.05, 3.63) is 0 Å². The number of primary amides is 3. The van der Waals surface area contributed by atoms with Gasteiger partial charge in [0.15, 0.2) is 65.0 Å². The summed E-state index contributed by atoms with van der Waals surface area (Å²) in [5, 5.41) is 71.3. The van der Waals surface area contributed by atoms with E-state index in [4.69, 9.17) is 65.4 Å². The van der Waals surface area contributed by atoms with E-state index in [0.717, 1.165) is 9.80 Å². The van der Waals surface area contributed by atoms with Crippen molar-refractivity contribution in [3.63, 3.8) is 0 Å². The van der Waals surface area contributed by atoms with Crippen LogP contribution in [0, 0.1) is 0 Å². The van der Waals surface area contributed by atoms with E-state index in [-0.39, 0.29) is 55.3 Å². The summed E-state index contributed by atoms with van der Waals surface area (Å²) in [5.74, 6) is -8.87. The van der Waals surface area contributed by atoms with Crippen molar-refractivity contribution < 1.29 is 93.5 Å². The van der Waals surface area contributed by atoms with Crippen LogP contribution in [0.5, 0.6) is 0 Å². The summed E-state index contributed by atoms with van der Waals surface area (Å²) in [4.78, 5) is 60.7. The molecular formula is C30H51N21O20S2. The van der Waals surface area contributed by atoms with Crippen LogP contribution < -0.4 is 67.6 Å². The molecule has 9 heterocycles. The van der Waals surface area contributed by atoms with Gasteiger partial charge in [-0.3, -0.25) is 9.11 Å². The van der Waals surface area contributed by atoms with Gasteiger partial charge in [0.1, 0.15) is 56.1 Å². The maximum atomic E-state index is 11.0. The fraction of sp³-hybridized carbons (Fsp3) is 0.700. The lowest BCUT2D eigenvalue weighted by atomic mass is 9.86. The Morgan fingerprint density at radius 2 is 0.836 bits per heavy atom. The van der Waals surface area contributed by atoms with Gasteiger partial charge in [0, 0.05) is 13.0 Å². The molecule has 3 amide bonds. The van der Waals surface area contributed by atoms with Crippen LogP contribution in [-0.2, 0) is 43.4 Å². The third-order valence-electron chi connectivity index (χ3n) is 12.8. The molecule has 11 atom stereocenters. The lowest BCUT2D eigenvalue weighted by Gasteiger charge is -2.48. The Balaban J connectivity index is 0.000000161. The van der Waals surface area contributed by atoms with E-state index in [1.165, 1.54) is 4.90 Å². The van der Waals surface area contributed by atoms with Crippen molar-refractivity contribution in [3.8, 4) is 0 Å². The van der Waals surface area contributed by atoms with Gasteiger partial charge < -0.3 is 127 Å². The lowest BCUT2D eigenvalue weighted by molar-refractivity contribution is -0.253. The van der Waals surface area contributed by atoms with Crippen LogP contribution in [0.15, 0.2) is 30.0 Å². The summed E-state index contributed by atoms with van der Waals surface area (Å²) in [5.41, 5.74) is 44.0. The highest BCUT2D eigenvalue weighted by molar-refractivity contribution is 7.81. The number of ether oxygens (including phenoxy) is 3. The Labute approximate surface area is 408 Å². The van der Waals surface area contributed by atoms with Crippen LogP contribution in [-0.4, -0.2) is 248 Å². The normalized spacial score (nSPS) is 35.4. The lowest BCUT2D eigenvalue weighted by Crippen LogP contribution is -2.77. The van der Waals surface area contributed by atoms with Gasteiger partial charge >= 0.3 is 39.1 Å². The molecule has 3 fully saturated rings. The SMILES string of the molecule is NC(=O)OC[C@@H]1N=C(N)N2CCC(O)(O)[C@@]23NC(N)=N[C@@H]13.NC(=O)OC[C@@H]1N=C(N)N2C[C@@H](OS(=O)(=O)O)C(O)(O)[C@@]23NC(N)=N[C@@H]13.NC(=O)OC[C@@H]1N=C(N)N2C[C@H](OS(=O)(=O)O)C(O)(O)[C@@]23NC(N)=N[C@@H]13. The molecule has 29 N–H and O–H groups in total. The van der Waals surface area contributed by atoms with Gasteiger partial charge in [-0.05, 0) is 0 Å². The number of nitrogens with one attached hydrogen (secondary N) is 3. The summed E-state index contributed by atoms with van der Waals surface area (Å²) in [6.45, 7) is -1.71. The fourth-order valence-electron chi connectivity index (χ4n) is 10.1. The predicted molar refractivity (Wildman–Crippen MR) is 236 cm³/mol. The molecule has 73 heavy (non-hydrogen) atoms. The number of hydrogen-bond donors (Lipinski definition) is 20. The van der Waals surface area contributed by atoms with Crippen molar-refractivity contribution in [2.75, 3.05) is 39.5 Å². The van der Waals surface area contributed by atoms with E-state index >= 15 is 0 Å². The average molecular weight is 1090 g/mol. The van der Waals surface area contributed by atoms with Gasteiger partial charge in [0.05, 0.1) is 13.1 Å². The van der Waals surface area contributed by atoms with Crippen molar-refractivity contribution >= 4 is 74.8 Å². The van der Waals surface area contributed by atoms with Gasteiger partial charge in [0.2, 0.25) is 17.4 Å². The summed E-state index contributed by atoms with van der Waals surface area (Å²) in [6.07, 6.45) is -6.85. The number of rotatable bonds is 10. The highest BCUT2D eigenvalue weighted by Crippen LogP contribution is 2.48. The monoisotopic (exact) mass is 1090 g/mol. The second-order valence-corrected chi connectivity index (χ2v) is 19.1. The number of carbonyl (C=O) groups excluding carboxylic acids is 3. The Morgan fingerprint density at radius 1 is 0.534 bits per heavy atom. The van der Waals surface area contributed by atoms with E-state index in [9.17, 15) is 61.9 Å². The van der Waals surface area contributed by atoms with Gasteiger partial charge in [-0.25, -0.2) is 52.7 Å². The van der Waals surface area contributed by atoms with E-state index < -0.39 is 148 Å². The Morgan fingerprint density at radius 3 is 1.15 bits per heavy atom. The number of amides is 3. The molecule has 408 valence electrons. The molecule has 0 radical (unpaired) electrons. The van der Waals surface area contributed by atoms with Gasteiger partial charge in [0.25, 0.3) is 0 Å². The van der Waals surface area contributed by atoms with Crippen molar-refractivity contribution in [1.29, 1.82) is 0 Å². The highest BCUT2D eigenvalue weighted by atomic mass is 32.3. The number of carbonyl (C=O) groups is 3. The van der Waals surface area contributed by atoms with Crippen LogP contribution in [0.2, 0.25) is 0 Å². The van der Waals surface area contributed by atoms with Crippen molar-refractivity contribution in [2.45, 2.75) is 89.2 Å². The largest absolute Gasteiger partial charge is 0.447 e. The van der Waals surface area contributed by atoms with Gasteiger partial charge in [-0.15, -0.1) is 0 Å². The maximum Gasteiger partial charge on any atom is 0.404 e. The quantitative estimate of drug-likeness (QED) is 0.0549. The minimum atomic E-state index is -5.03. The summed E-state index contributed by atoms with van der Waals surface area (Å²) >= 11 is 0. The van der Waals surface area contributed by atoms with Crippen LogP contribution >= 0.6 is 0 Å². The first-order chi connectivity index (χ1) is 33.5. The zero-order chi connectivity index (χ0) is 54.4. The summed E-state index contributed by atoms with van der Waals surface area (Å²) in [7, 11) is -10.1. The molecule has 9 aliphatic heterocycles. The van der Waals surface area contributed by atoms with Crippen LogP contribution in [0.4, 0.5) is 14.4 Å². The van der Waals surface area contributed by atoms with E-state index in [2.05, 4.69) is 63.7 Å². The fourth-order valence-corrected chi connectivity index (χ4v) is 11.1. The number of aliphatic imine (C=N–C) groups is 6. The molecule has 0 aromatic heterocycles. The molecule has 0 bridgehead atoms. The molecule has 0 aliphatic carbocycles. The molecule has 3 spiro atoms. The standard InChI is InChI=1S/2C10H17N7O8S.C10H17N7O4/c2*11-6-15-5-3(2-24-8(13)18)14-7(12)17-1-4(25-26(21,22)23)10(19,20)9(5,17)16-6;11-6-15-5-4(3-21-8(13)18)14-7(12)17-2-1-9(19,20)10(5,17)16-6/h2*3-5,19-20H,1-2H2,(H2,12,14)(H2,13,18)(H3,11,15,16)(H,21,22,23);4-5,19-20H,1-3H2,(H2,12,14)(H2,13,18)(H3,11,15,16)/t3-,4+,5-,9-;3-,4-,5-,9-;4-,5-,10-/m000/s1. The average Bonchev–Trinajstić information content (AvgIpc) is 4.05. The molecular weight excluding hydrogens is 1040 g/mol. The van der Waals surface area contributed by atoms with Crippen LogP contribution in [0.3, 0.4) is 0 Å². The second kappa shape index (κ2) is 17.8. The molecule has 9 aliphatic rings. The van der Waals surface area contributed by atoms with Gasteiger partial charge in [-0.1, -0.05) is 0 Å². The molecule has 3 saturated heterocycles. The molecule has 0 aromatic rings. The van der Waals surface area contributed by atoms with Crippen molar-refractivity contribution in [2.24, 2.45) is 81.6 Å². The number of nitrogens with two attached hydrogens (primary N) is 9. The van der Waals surface area contributed by atoms with Crippen LogP contribution in [0.25, 0.3) is 0 Å². The Kier molecular flexibility index (Phi) is 13.1. The first-order valence-electron chi connectivity index (χ1n) is 20.6. The molecule has 0 unspecified atom stereocenters. The topological polar surface area (TPSA) is 682 Å². The third kappa shape index (κ3) is 8.90. The summed E-state index contributed by atoms with van der Waals surface area (Å²) in [6, 6.07) is -5.87. The predicted octanol–water partition coefficient (Wildman–Crippen LogP) is -14.0.